The van der Waals surface area contributed by atoms with Gasteiger partial charge in [0.1, 0.15) is 0 Å². The molecule has 4 nitrogen and oxygen atoms in total. The average molecular weight is 290 g/mol. The van der Waals surface area contributed by atoms with E-state index >= 15 is 0 Å². The number of benzene rings is 1. The van der Waals surface area contributed by atoms with E-state index in [4.69, 9.17) is 5.11 Å². The van der Waals surface area contributed by atoms with Crippen molar-refractivity contribution in [3.8, 4) is 0 Å². The van der Waals surface area contributed by atoms with E-state index in [1.54, 1.807) is 19.1 Å². The zero-order valence-corrected chi connectivity index (χ0v) is 12.9. The van der Waals surface area contributed by atoms with Crippen molar-refractivity contribution >= 4 is 11.9 Å². The van der Waals surface area contributed by atoms with Crippen LogP contribution in [0, 0.1) is 0 Å². The molecule has 1 N–H and O–H groups in total. The first-order chi connectivity index (χ1) is 9.72. The molecule has 0 aliphatic heterocycles. The number of hydrogen-bond donors (Lipinski definition) is 1. The Bertz CT molecular complexity index is 505. The minimum Gasteiger partial charge on any atom is -0.478 e. The van der Waals surface area contributed by atoms with Crippen molar-refractivity contribution in [1.82, 2.24) is 0 Å². The number of carboxylic acids is 1. The van der Waals surface area contributed by atoms with E-state index < -0.39 is 5.97 Å². The molecule has 0 heterocycles. The van der Waals surface area contributed by atoms with Crippen LogP contribution < -0.4 is 0 Å². The molecule has 0 aliphatic rings. The van der Waals surface area contributed by atoms with E-state index in [9.17, 15) is 9.59 Å². The van der Waals surface area contributed by atoms with E-state index in [-0.39, 0.29) is 11.4 Å². The van der Waals surface area contributed by atoms with Crippen molar-refractivity contribution in [2.45, 2.75) is 33.1 Å². The summed E-state index contributed by atoms with van der Waals surface area (Å²) < 4.78 is 4.68. The van der Waals surface area contributed by atoms with Gasteiger partial charge in [-0.15, -0.1) is 0 Å². The molecule has 114 valence electrons. The fourth-order valence-corrected chi connectivity index (χ4v) is 1.39. The highest BCUT2D eigenvalue weighted by Crippen LogP contribution is 2.22. The van der Waals surface area contributed by atoms with Gasteiger partial charge in [0.2, 0.25) is 0 Å². The maximum atomic E-state index is 11.3. The number of ether oxygens (including phenoxy) is 1. The van der Waals surface area contributed by atoms with Crippen molar-refractivity contribution in [2.75, 3.05) is 0 Å². The van der Waals surface area contributed by atoms with Gasteiger partial charge in [-0.2, -0.15) is 0 Å². The summed E-state index contributed by atoms with van der Waals surface area (Å²) in [5.41, 5.74) is 1.83. The lowest BCUT2D eigenvalue weighted by atomic mass is 9.87. The molecule has 4 heteroatoms. The van der Waals surface area contributed by atoms with Crippen LogP contribution in [0.2, 0.25) is 0 Å². The van der Waals surface area contributed by atoms with Gasteiger partial charge in [-0.05, 0) is 30.0 Å². The number of aliphatic carboxylic acids is 1. The molecule has 0 amide bonds. The lowest BCUT2D eigenvalue weighted by Crippen LogP contribution is -2.11. The summed E-state index contributed by atoms with van der Waals surface area (Å²) in [6.07, 6.45) is 3.70. The fraction of sp³-hybridized carbons (Fsp3) is 0.294. The lowest BCUT2D eigenvalue weighted by molar-refractivity contribution is -0.131. The molecule has 1 aromatic rings. The van der Waals surface area contributed by atoms with Crippen LogP contribution in [0.4, 0.5) is 0 Å². The minimum atomic E-state index is -0.891. The second kappa shape index (κ2) is 8.74. The number of carboxylic acid groups (broad SMARTS) is 1. The molecule has 0 saturated carbocycles. The third-order valence-electron chi connectivity index (χ3n) is 2.49. The molecule has 21 heavy (non-hydrogen) atoms. The first-order valence-corrected chi connectivity index (χ1v) is 6.50. The first-order valence-electron chi connectivity index (χ1n) is 6.50. The number of hydrogen-bond acceptors (Lipinski definition) is 3. The van der Waals surface area contributed by atoms with Gasteiger partial charge in [0, 0.05) is 6.08 Å². The van der Waals surface area contributed by atoms with Crippen molar-refractivity contribution in [2.24, 2.45) is 0 Å². The highest BCUT2D eigenvalue weighted by molar-refractivity contribution is 5.89. The van der Waals surface area contributed by atoms with Gasteiger partial charge in [-0.3, -0.25) is 0 Å². The topological polar surface area (TPSA) is 63.6 Å². The molecule has 0 radical (unpaired) electrons. The molecule has 0 fully saturated rings. The predicted octanol–water partition coefficient (Wildman–Crippen LogP) is 3.93. The Kier molecular flexibility index (Phi) is 7.76. The Morgan fingerprint density at radius 1 is 1.19 bits per heavy atom. The Morgan fingerprint density at radius 2 is 1.71 bits per heavy atom. The van der Waals surface area contributed by atoms with Crippen LogP contribution in [0.5, 0.6) is 0 Å². The molecule has 0 bridgehead atoms. The number of allylic oxidation sites excluding steroid dienone is 1. The van der Waals surface area contributed by atoms with E-state index in [1.807, 2.05) is 12.1 Å². The average Bonchev–Trinajstić information content (AvgIpc) is 2.38. The molecule has 0 saturated heterocycles. The second-order valence-electron chi connectivity index (χ2n) is 5.24. The van der Waals surface area contributed by atoms with Crippen LogP contribution in [0.15, 0.2) is 49.3 Å². The Balaban J connectivity index is 0.000000567. The SMILES string of the molecule is C/C=C/C(=O)O.C=COC(=O)c1ccc(C(C)(C)C)cc1. The summed E-state index contributed by atoms with van der Waals surface area (Å²) in [6.45, 7) is 11.4. The molecule has 1 aromatic carbocycles. The van der Waals surface area contributed by atoms with Gasteiger partial charge in [0.05, 0.1) is 11.8 Å². The van der Waals surface area contributed by atoms with Gasteiger partial charge in [0.25, 0.3) is 0 Å². The van der Waals surface area contributed by atoms with Gasteiger partial charge in [-0.1, -0.05) is 45.6 Å². The van der Waals surface area contributed by atoms with Crippen molar-refractivity contribution < 1.29 is 19.4 Å². The van der Waals surface area contributed by atoms with E-state index in [0.717, 1.165) is 12.3 Å². The molecule has 1 rings (SSSR count). The largest absolute Gasteiger partial charge is 0.478 e. The molecule has 0 aromatic heterocycles. The third kappa shape index (κ3) is 7.72. The standard InChI is InChI=1S/C13H16O2.C4H6O2/c1-5-15-12(14)10-6-8-11(9-7-10)13(2,3)4;1-2-3-4(5)6/h5-9H,1H2,2-4H3;2-3H,1H3,(H,5,6)/b;3-2+. The van der Waals surface area contributed by atoms with Crippen LogP contribution in [0.25, 0.3) is 0 Å². The highest BCUT2D eigenvalue weighted by atomic mass is 16.5. The Hall–Kier alpha value is -2.36. The number of carbonyl (C=O) groups excluding carboxylic acids is 1. The quantitative estimate of drug-likeness (QED) is 0.520. The Labute approximate surface area is 125 Å². The zero-order chi connectivity index (χ0) is 16.5. The fourth-order valence-electron chi connectivity index (χ4n) is 1.39. The van der Waals surface area contributed by atoms with Crippen LogP contribution >= 0.6 is 0 Å². The third-order valence-corrected chi connectivity index (χ3v) is 2.49. The predicted molar refractivity (Wildman–Crippen MR) is 83.2 cm³/mol. The smallest absolute Gasteiger partial charge is 0.342 e. The van der Waals surface area contributed by atoms with E-state index in [2.05, 4.69) is 32.1 Å². The van der Waals surface area contributed by atoms with E-state index in [0.29, 0.717) is 5.56 Å². The minimum absolute atomic E-state index is 0.0981. The number of esters is 1. The summed E-state index contributed by atoms with van der Waals surface area (Å²) in [6, 6.07) is 7.43. The highest BCUT2D eigenvalue weighted by Gasteiger charge is 2.14. The van der Waals surface area contributed by atoms with Gasteiger partial charge >= 0.3 is 11.9 Å². The molecule has 0 atom stereocenters. The van der Waals surface area contributed by atoms with Gasteiger partial charge < -0.3 is 9.84 Å². The van der Waals surface area contributed by atoms with Crippen LogP contribution in [0.1, 0.15) is 43.6 Å². The molecule has 0 spiro atoms. The summed E-state index contributed by atoms with van der Waals surface area (Å²) in [7, 11) is 0. The molecular weight excluding hydrogens is 268 g/mol. The summed E-state index contributed by atoms with van der Waals surface area (Å²) in [4.78, 5) is 20.8. The maximum Gasteiger partial charge on any atom is 0.342 e. The van der Waals surface area contributed by atoms with Crippen molar-refractivity contribution in [3.05, 3.63) is 60.4 Å². The number of carbonyl (C=O) groups is 2. The monoisotopic (exact) mass is 290 g/mol. The molecular formula is C17H22O4. The van der Waals surface area contributed by atoms with Crippen molar-refractivity contribution in [3.63, 3.8) is 0 Å². The normalized spacial score (nSPS) is 10.5. The van der Waals surface area contributed by atoms with Crippen molar-refractivity contribution in [1.29, 1.82) is 0 Å². The summed E-state index contributed by atoms with van der Waals surface area (Å²) in [5.74, 6) is -1.26. The van der Waals surface area contributed by atoms with Crippen LogP contribution in [-0.2, 0) is 14.9 Å². The van der Waals surface area contributed by atoms with Gasteiger partial charge in [-0.25, -0.2) is 9.59 Å². The molecule has 0 aliphatic carbocycles. The first kappa shape index (κ1) is 18.6. The maximum absolute atomic E-state index is 11.3. The molecule has 0 unspecified atom stereocenters. The summed E-state index contributed by atoms with van der Waals surface area (Å²) in [5, 5.41) is 7.83. The lowest BCUT2D eigenvalue weighted by Gasteiger charge is -2.18. The van der Waals surface area contributed by atoms with Gasteiger partial charge in [0.15, 0.2) is 0 Å². The van der Waals surface area contributed by atoms with E-state index in [1.165, 1.54) is 11.6 Å². The van der Waals surface area contributed by atoms with Crippen LogP contribution in [-0.4, -0.2) is 17.0 Å². The number of rotatable bonds is 3. The van der Waals surface area contributed by atoms with Crippen LogP contribution in [0.3, 0.4) is 0 Å². The summed E-state index contributed by atoms with van der Waals surface area (Å²) >= 11 is 0. The second-order valence-corrected chi connectivity index (χ2v) is 5.24. The Morgan fingerprint density at radius 3 is 2.00 bits per heavy atom. The zero-order valence-electron chi connectivity index (χ0n) is 12.9.